The third kappa shape index (κ3) is 4.03. The Bertz CT molecular complexity index is 1280. The minimum atomic E-state index is -4.41. The van der Waals surface area contributed by atoms with Crippen LogP contribution in [0.4, 0.5) is 13.2 Å². The molecule has 0 spiro atoms. The van der Waals surface area contributed by atoms with Crippen molar-refractivity contribution in [3.8, 4) is 23.2 Å². The van der Waals surface area contributed by atoms with Crippen LogP contribution in [-0.4, -0.2) is 19.9 Å². The number of imidazole rings is 1. The summed E-state index contributed by atoms with van der Waals surface area (Å²) >= 11 is 0. The fourth-order valence-corrected chi connectivity index (χ4v) is 3.14. The van der Waals surface area contributed by atoms with Crippen LogP contribution in [0.25, 0.3) is 22.4 Å². The molecule has 0 bridgehead atoms. The maximum atomic E-state index is 13.3. The van der Waals surface area contributed by atoms with Gasteiger partial charge in [0.25, 0.3) is 0 Å². The molecule has 0 radical (unpaired) electrons. The first kappa shape index (κ1) is 19.6. The van der Waals surface area contributed by atoms with E-state index in [1.807, 2.05) is 26.0 Å². The van der Waals surface area contributed by atoms with Gasteiger partial charge >= 0.3 is 6.18 Å². The van der Waals surface area contributed by atoms with Gasteiger partial charge in [0.2, 0.25) is 0 Å². The number of nitrogens with one attached hydrogen (secondary N) is 1. The highest BCUT2D eigenvalue weighted by atomic mass is 19.4. The van der Waals surface area contributed by atoms with Crippen LogP contribution in [0.15, 0.2) is 49.1 Å². The molecule has 0 unspecified atom stereocenters. The van der Waals surface area contributed by atoms with Crippen LogP contribution in [-0.2, 0) is 12.6 Å². The van der Waals surface area contributed by atoms with E-state index in [2.05, 4.69) is 31.8 Å². The molecule has 4 aromatic rings. The first-order valence-corrected chi connectivity index (χ1v) is 9.32. The van der Waals surface area contributed by atoms with Gasteiger partial charge in [-0.25, -0.2) is 15.0 Å². The molecule has 0 amide bonds. The average molecular weight is 406 g/mol. The molecule has 0 saturated heterocycles. The smallest absolute Gasteiger partial charge is 0.338 e. The zero-order valence-electron chi connectivity index (χ0n) is 16.3. The number of aryl methyl sites for hydroxylation is 2. The van der Waals surface area contributed by atoms with Crippen molar-refractivity contribution in [2.45, 2.75) is 26.4 Å². The molecule has 150 valence electrons. The largest absolute Gasteiger partial charge is 0.416 e. The number of hydrogen-bond acceptors (Lipinski definition) is 3. The predicted octanol–water partition coefficient (Wildman–Crippen LogP) is 5.31. The number of aromatic nitrogens is 4. The molecule has 0 aliphatic carbocycles. The van der Waals surface area contributed by atoms with E-state index >= 15 is 0 Å². The Morgan fingerprint density at radius 2 is 1.77 bits per heavy atom. The highest BCUT2D eigenvalue weighted by Crippen LogP contribution is 2.33. The van der Waals surface area contributed by atoms with E-state index in [4.69, 9.17) is 0 Å². The standard InChI is InChI=1S/C23H17F3N4/c1-3-15-7-18(9-19(8-15)23(24,25)26)22-29-20-6-14(2)17(10-21(20)30-22)5-4-16-11-27-13-28-12-16/h6-13H,3H2,1-2H3,(H,29,30). The van der Waals surface area contributed by atoms with E-state index in [9.17, 15) is 13.2 Å². The molecule has 2 aromatic carbocycles. The lowest BCUT2D eigenvalue weighted by Gasteiger charge is -2.10. The normalized spacial score (nSPS) is 11.4. The number of hydrogen-bond donors (Lipinski definition) is 1. The zero-order chi connectivity index (χ0) is 21.3. The number of fused-ring (bicyclic) bond motifs is 1. The Kier molecular flexibility index (Phi) is 5.00. The quantitative estimate of drug-likeness (QED) is 0.459. The Balaban J connectivity index is 1.77. The fourth-order valence-electron chi connectivity index (χ4n) is 3.14. The molecule has 4 nitrogen and oxygen atoms in total. The molecule has 4 rings (SSSR count). The summed E-state index contributed by atoms with van der Waals surface area (Å²) in [4.78, 5) is 15.5. The second kappa shape index (κ2) is 7.64. The Morgan fingerprint density at radius 1 is 1.00 bits per heavy atom. The van der Waals surface area contributed by atoms with Crippen LogP contribution < -0.4 is 0 Å². The van der Waals surface area contributed by atoms with Crippen molar-refractivity contribution in [3.05, 3.63) is 76.9 Å². The van der Waals surface area contributed by atoms with Crippen LogP contribution in [0.1, 0.15) is 34.7 Å². The minimum Gasteiger partial charge on any atom is -0.338 e. The van der Waals surface area contributed by atoms with Gasteiger partial charge in [-0.2, -0.15) is 13.2 Å². The Labute approximate surface area is 171 Å². The highest BCUT2D eigenvalue weighted by Gasteiger charge is 2.31. The van der Waals surface area contributed by atoms with Gasteiger partial charge in [-0.15, -0.1) is 0 Å². The fraction of sp³-hybridized carbons (Fsp3) is 0.174. The number of halogens is 3. The van der Waals surface area contributed by atoms with Crippen molar-refractivity contribution in [3.63, 3.8) is 0 Å². The third-order valence-corrected chi connectivity index (χ3v) is 4.73. The van der Waals surface area contributed by atoms with Crippen molar-refractivity contribution >= 4 is 11.0 Å². The maximum Gasteiger partial charge on any atom is 0.416 e. The number of alkyl halides is 3. The van der Waals surface area contributed by atoms with E-state index in [0.29, 0.717) is 34.5 Å². The minimum absolute atomic E-state index is 0.395. The lowest BCUT2D eigenvalue weighted by atomic mass is 10.0. The first-order chi connectivity index (χ1) is 14.3. The van der Waals surface area contributed by atoms with Crippen LogP contribution in [0, 0.1) is 18.8 Å². The van der Waals surface area contributed by atoms with Gasteiger partial charge in [0.05, 0.1) is 22.2 Å². The molecular weight excluding hydrogens is 389 g/mol. The summed E-state index contributed by atoms with van der Waals surface area (Å²) in [6.07, 6.45) is 0.774. The summed E-state index contributed by atoms with van der Waals surface area (Å²) in [5.74, 6) is 6.49. The van der Waals surface area contributed by atoms with Crippen LogP contribution in [0.3, 0.4) is 0 Å². The van der Waals surface area contributed by atoms with Crippen molar-refractivity contribution in [2.24, 2.45) is 0 Å². The summed E-state index contributed by atoms with van der Waals surface area (Å²) < 4.78 is 39.8. The zero-order valence-corrected chi connectivity index (χ0v) is 16.3. The molecular formula is C23H17F3N4. The van der Waals surface area contributed by atoms with E-state index in [1.54, 1.807) is 18.5 Å². The monoisotopic (exact) mass is 406 g/mol. The summed E-state index contributed by atoms with van der Waals surface area (Å²) in [6.45, 7) is 3.74. The molecule has 1 N–H and O–H groups in total. The van der Waals surface area contributed by atoms with E-state index < -0.39 is 11.7 Å². The van der Waals surface area contributed by atoms with E-state index in [0.717, 1.165) is 22.7 Å². The Hall–Kier alpha value is -3.66. The van der Waals surface area contributed by atoms with Gasteiger partial charge in [0.15, 0.2) is 0 Å². The number of benzene rings is 2. The second-order valence-electron chi connectivity index (χ2n) is 6.92. The summed E-state index contributed by atoms with van der Waals surface area (Å²) in [6, 6.07) is 7.76. The van der Waals surface area contributed by atoms with Crippen LogP contribution in [0.5, 0.6) is 0 Å². The van der Waals surface area contributed by atoms with Gasteiger partial charge in [-0.1, -0.05) is 18.8 Å². The van der Waals surface area contributed by atoms with Gasteiger partial charge in [0, 0.05) is 23.5 Å². The first-order valence-electron chi connectivity index (χ1n) is 9.32. The van der Waals surface area contributed by atoms with Gasteiger partial charge < -0.3 is 4.98 Å². The summed E-state index contributed by atoms with van der Waals surface area (Å²) in [5.41, 5.74) is 4.12. The third-order valence-electron chi connectivity index (χ3n) is 4.73. The topological polar surface area (TPSA) is 54.5 Å². The second-order valence-corrected chi connectivity index (χ2v) is 6.92. The summed E-state index contributed by atoms with van der Waals surface area (Å²) in [5, 5.41) is 0. The molecule has 0 fully saturated rings. The maximum absolute atomic E-state index is 13.3. The lowest BCUT2D eigenvalue weighted by molar-refractivity contribution is -0.137. The number of aromatic amines is 1. The van der Waals surface area contributed by atoms with Gasteiger partial charge in [-0.05, 0) is 54.8 Å². The van der Waals surface area contributed by atoms with Gasteiger partial charge in [-0.3, -0.25) is 0 Å². The summed E-state index contributed by atoms with van der Waals surface area (Å²) in [7, 11) is 0. The van der Waals surface area contributed by atoms with Crippen molar-refractivity contribution in [1.82, 2.24) is 19.9 Å². The number of nitrogens with zero attached hydrogens (tertiary/aromatic N) is 3. The SMILES string of the molecule is CCc1cc(-c2nc3cc(C#Cc4cncnc4)c(C)cc3[nH]2)cc(C(F)(F)F)c1. The lowest BCUT2D eigenvalue weighted by Crippen LogP contribution is -2.06. The average Bonchev–Trinajstić information content (AvgIpc) is 3.14. The van der Waals surface area contributed by atoms with Crippen molar-refractivity contribution in [1.29, 1.82) is 0 Å². The molecule has 30 heavy (non-hydrogen) atoms. The molecule has 7 heteroatoms. The van der Waals surface area contributed by atoms with Gasteiger partial charge in [0.1, 0.15) is 12.2 Å². The van der Waals surface area contributed by atoms with Crippen molar-refractivity contribution < 1.29 is 13.2 Å². The number of H-pyrrole nitrogens is 1. The Morgan fingerprint density at radius 3 is 2.47 bits per heavy atom. The molecule has 0 aliphatic rings. The molecule has 2 heterocycles. The van der Waals surface area contributed by atoms with E-state index in [-0.39, 0.29) is 0 Å². The van der Waals surface area contributed by atoms with Crippen LogP contribution >= 0.6 is 0 Å². The van der Waals surface area contributed by atoms with Crippen molar-refractivity contribution in [2.75, 3.05) is 0 Å². The highest BCUT2D eigenvalue weighted by molar-refractivity contribution is 5.82. The predicted molar refractivity (Wildman–Crippen MR) is 109 cm³/mol. The molecule has 0 atom stereocenters. The molecule has 2 aromatic heterocycles. The molecule has 0 aliphatic heterocycles. The van der Waals surface area contributed by atoms with E-state index in [1.165, 1.54) is 12.4 Å². The molecule has 0 saturated carbocycles. The number of rotatable bonds is 2. The van der Waals surface area contributed by atoms with Crippen LogP contribution in [0.2, 0.25) is 0 Å².